The highest BCUT2D eigenvalue weighted by atomic mass is 16.5. The van der Waals surface area contributed by atoms with Gasteiger partial charge in [-0.05, 0) is 24.3 Å². The van der Waals surface area contributed by atoms with Crippen LogP contribution in [-0.4, -0.2) is 20.1 Å². The summed E-state index contributed by atoms with van der Waals surface area (Å²) in [5.74, 6) is 1.12. The molecule has 5 rings (SSSR count). The molecule has 0 spiro atoms. The summed E-state index contributed by atoms with van der Waals surface area (Å²) in [5.41, 5.74) is 2.33. The third kappa shape index (κ3) is 3.67. The zero-order valence-corrected chi connectivity index (χ0v) is 18.1. The molecule has 2 N–H and O–H groups in total. The van der Waals surface area contributed by atoms with Crippen LogP contribution >= 0.6 is 0 Å². The van der Waals surface area contributed by atoms with Gasteiger partial charge in [0.15, 0.2) is 11.4 Å². The summed E-state index contributed by atoms with van der Waals surface area (Å²) in [5, 5.41) is 7.38. The molecule has 0 unspecified atom stereocenters. The third-order valence-electron chi connectivity index (χ3n) is 5.48. The van der Waals surface area contributed by atoms with Crippen molar-refractivity contribution in [3.63, 3.8) is 0 Å². The molecule has 0 saturated heterocycles. The standard InChI is InChI=1S/C25H21N5O3/c1-29-22-21(14-15-26-23(22)30(2)25(29)32)33-20-13-12-19(17-10-6-7-11-18(17)20)28-24(31)27-16-8-4-3-5-9-16/h3-15H,1-2H3,(H2,27,28,31). The van der Waals surface area contributed by atoms with Crippen molar-refractivity contribution < 1.29 is 9.53 Å². The van der Waals surface area contributed by atoms with E-state index in [2.05, 4.69) is 15.6 Å². The van der Waals surface area contributed by atoms with Crippen LogP contribution in [-0.2, 0) is 14.1 Å². The largest absolute Gasteiger partial charge is 0.454 e. The van der Waals surface area contributed by atoms with Crippen LogP contribution in [0.3, 0.4) is 0 Å². The topological polar surface area (TPSA) is 90.2 Å². The number of rotatable bonds is 4. The molecular formula is C25H21N5O3. The van der Waals surface area contributed by atoms with Crippen molar-refractivity contribution in [2.75, 3.05) is 10.6 Å². The summed E-state index contributed by atoms with van der Waals surface area (Å²) >= 11 is 0. The Labute approximate surface area is 189 Å². The Kier molecular flexibility index (Phi) is 5.02. The molecule has 0 bridgehead atoms. The number of imidazole rings is 1. The number of urea groups is 1. The van der Waals surface area contributed by atoms with E-state index in [9.17, 15) is 9.59 Å². The maximum absolute atomic E-state index is 12.5. The van der Waals surface area contributed by atoms with E-state index in [1.165, 1.54) is 9.13 Å². The molecule has 0 atom stereocenters. The minimum Gasteiger partial charge on any atom is -0.454 e. The van der Waals surface area contributed by atoms with E-state index in [0.717, 1.165) is 10.8 Å². The van der Waals surface area contributed by atoms with Gasteiger partial charge in [-0.25, -0.2) is 14.6 Å². The van der Waals surface area contributed by atoms with Crippen LogP contribution in [0.1, 0.15) is 0 Å². The molecule has 8 heteroatoms. The van der Waals surface area contributed by atoms with Crippen LogP contribution in [0.25, 0.3) is 21.9 Å². The van der Waals surface area contributed by atoms with Gasteiger partial charge in [-0.1, -0.05) is 42.5 Å². The first-order chi connectivity index (χ1) is 16.0. The van der Waals surface area contributed by atoms with Crippen LogP contribution in [0.4, 0.5) is 16.2 Å². The molecule has 8 nitrogen and oxygen atoms in total. The van der Waals surface area contributed by atoms with E-state index in [1.807, 2.05) is 54.6 Å². The van der Waals surface area contributed by atoms with Gasteiger partial charge in [0.2, 0.25) is 0 Å². The molecule has 5 aromatic rings. The zero-order chi connectivity index (χ0) is 22.9. The Morgan fingerprint density at radius 2 is 1.55 bits per heavy atom. The summed E-state index contributed by atoms with van der Waals surface area (Å²) in [6, 6.07) is 21.9. The van der Waals surface area contributed by atoms with Crippen molar-refractivity contribution >= 4 is 39.3 Å². The van der Waals surface area contributed by atoms with E-state index in [0.29, 0.717) is 34.0 Å². The summed E-state index contributed by atoms with van der Waals surface area (Å²) in [7, 11) is 3.37. The first kappa shape index (κ1) is 20.3. The van der Waals surface area contributed by atoms with Gasteiger partial charge in [0.05, 0.1) is 5.69 Å². The van der Waals surface area contributed by atoms with E-state index < -0.39 is 0 Å². The predicted octanol–water partition coefficient (Wildman–Crippen LogP) is 4.86. The average Bonchev–Trinajstić information content (AvgIpc) is 3.06. The van der Waals surface area contributed by atoms with Crippen LogP contribution in [0.15, 0.2) is 83.8 Å². The summed E-state index contributed by atoms with van der Waals surface area (Å²) in [4.78, 5) is 29.2. The van der Waals surface area contributed by atoms with E-state index >= 15 is 0 Å². The van der Waals surface area contributed by atoms with Crippen molar-refractivity contribution in [2.45, 2.75) is 0 Å². The van der Waals surface area contributed by atoms with E-state index in [-0.39, 0.29) is 11.7 Å². The Bertz CT molecular complexity index is 1550. The molecule has 0 radical (unpaired) electrons. The van der Waals surface area contributed by atoms with Gasteiger partial charge in [0.1, 0.15) is 11.3 Å². The van der Waals surface area contributed by atoms with Crippen LogP contribution < -0.4 is 21.1 Å². The number of nitrogens with zero attached hydrogens (tertiary/aromatic N) is 3. The molecule has 3 aromatic carbocycles. The molecule has 33 heavy (non-hydrogen) atoms. The van der Waals surface area contributed by atoms with Crippen molar-refractivity contribution in [3.8, 4) is 11.5 Å². The molecule has 164 valence electrons. The molecule has 0 saturated carbocycles. The summed E-state index contributed by atoms with van der Waals surface area (Å²) < 4.78 is 9.27. The molecule has 0 aliphatic carbocycles. The highest BCUT2D eigenvalue weighted by Crippen LogP contribution is 2.36. The first-order valence-corrected chi connectivity index (χ1v) is 10.4. The van der Waals surface area contributed by atoms with Gasteiger partial charge in [-0.15, -0.1) is 0 Å². The number of nitrogens with one attached hydrogen (secondary N) is 2. The number of amides is 2. The number of carbonyl (C=O) groups is 1. The number of ether oxygens (including phenoxy) is 1. The van der Waals surface area contributed by atoms with Gasteiger partial charge in [-0.2, -0.15) is 0 Å². The lowest BCUT2D eigenvalue weighted by atomic mass is 10.1. The number of aromatic nitrogens is 3. The molecule has 2 aromatic heterocycles. The summed E-state index contributed by atoms with van der Waals surface area (Å²) in [6.07, 6.45) is 1.61. The first-order valence-electron chi connectivity index (χ1n) is 10.4. The zero-order valence-electron chi connectivity index (χ0n) is 18.1. The lowest BCUT2D eigenvalue weighted by Crippen LogP contribution is -2.19. The average molecular weight is 439 g/mol. The Morgan fingerprint density at radius 1 is 0.818 bits per heavy atom. The molecule has 0 aliphatic heterocycles. The SMILES string of the molecule is Cn1c(=O)n(C)c2c(Oc3ccc(NC(=O)Nc4ccccc4)c4ccccc34)ccnc21. The van der Waals surface area contributed by atoms with Gasteiger partial charge < -0.3 is 15.4 Å². The van der Waals surface area contributed by atoms with Gasteiger partial charge in [0, 0.05) is 42.8 Å². The van der Waals surface area contributed by atoms with Crippen molar-refractivity contribution in [1.82, 2.24) is 14.1 Å². The Morgan fingerprint density at radius 3 is 2.33 bits per heavy atom. The summed E-state index contributed by atoms with van der Waals surface area (Å²) in [6.45, 7) is 0. The Hall–Kier alpha value is -4.59. The van der Waals surface area contributed by atoms with E-state index in [1.54, 1.807) is 38.5 Å². The second kappa shape index (κ2) is 8.16. The fourth-order valence-corrected chi connectivity index (χ4v) is 3.87. The number of fused-ring (bicyclic) bond motifs is 2. The second-order valence-corrected chi connectivity index (χ2v) is 7.59. The number of benzene rings is 3. The van der Waals surface area contributed by atoms with Crippen molar-refractivity contribution in [1.29, 1.82) is 0 Å². The molecule has 0 fully saturated rings. The third-order valence-corrected chi connectivity index (χ3v) is 5.48. The van der Waals surface area contributed by atoms with Gasteiger partial charge in [-0.3, -0.25) is 9.13 Å². The fourth-order valence-electron chi connectivity index (χ4n) is 3.87. The smallest absolute Gasteiger partial charge is 0.329 e. The maximum atomic E-state index is 12.5. The number of aryl methyl sites for hydroxylation is 2. The maximum Gasteiger partial charge on any atom is 0.329 e. The molecule has 2 heterocycles. The number of carbonyl (C=O) groups excluding carboxylic acids is 1. The van der Waals surface area contributed by atoms with Crippen LogP contribution in [0.2, 0.25) is 0 Å². The quantitative estimate of drug-likeness (QED) is 0.418. The van der Waals surface area contributed by atoms with Crippen LogP contribution in [0.5, 0.6) is 11.5 Å². The fraction of sp³-hybridized carbons (Fsp3) is 0.0800. The molecule has 0 aliphatic rings. The molecular weight excluding hydrogens is 418 g/mol. The lowest BCUT2D eigenvalue weighted by molar-refractivity contribution is 0.262. The van der Waals surface area contributed by atoms with Crippen LogP contribution in [0, 0.1) is 0 Å². The normalized spacial score (nSPS) is 11.0. The second-order valence-electron chi connectivity index (χ2n) is 7.59. The number of para-hydroxylation sites is 1. The molecule has 2 amide bonds. The van der Waals surface area contributed by atoms with Gasteiger partial charge >= 0.3 is 11.7 Å². The predicted molar refractivity (Wildman–Crippen MR) is 129 cm³/mol. The number of hydrogen-bond acceptors (Lipinski definition) is 4. The monoisotopic (exact) mass is 439 g/mol. The van der Waals surface area contributed by atoms with E-state index in [4.69, 9.17) is 4.74 Å². The minimum atomic E-state index is -0.338. The number of anilines is 2. The lowest BCUT2D eigenvalue weighted by Gasteiger charge is -2.14. The number of hydrogen-bond donors (Lipinski definition) is 2. The highest BCUT2D eigenvalue weighted by Gasteiger charge is 2.16. The highest BCUT2D eigenvalue weighted by molar-refractivity contribution is 6.07. The van der Waals surface area contributed by atoms with Gasteiger partial charge in [0.25, 0.3) is 0 Å². The minimum absolute atomic E-state index is 0.178. The van der Waals surface area contributed by atoms with Crippen molar-refractivity contribution in [2.24, 2.45) is 14.1 Å². The Balaban J connectivity index is 1.50. The van der Waals surface area contributed by atoms with Crippen molar-refractivity contribution in [3.05, 3.63) is 89.5 Å². The number of pyridine rings is 1.